The minimum atomic E-state index is -0.0545. The highest BCUT2D eigenvalue weighted by atomic mass is 16.5. The molecule has 0 aromatic heterocycles. The lowest BCUT2D eigenvalue weighted by atomic mass is 10.4. The van der Waals surface area contributed by atoms with Gasteiger partial charge in [-0.1, -0.05) is 13.8 Å². The smallest absolute Gasteiger partial charge is 0.319 e. The van der Waals surface area contributed by atoms with Crippen LogP contribution >= 0.6 is 0 Å². The van der Waals surface area contributed by atoms with E-state index in [9.17, 15) is 4.79 Å². The van der Waals surface area contributed by atoms with Crippen LogP contribution in [0, 0.1) is 0 Å². The molecule has 0 aliphatic carbocycles. The minimum Gasteiger partial charge on any atom is -0.382 e. The lowest BCUT2D eigenvalue weighted by Gasteiger charge is -2.21. The van der Waals surface area contributed by atoms with Crippen molar-refractivity contribution in [1.29, 1.82) is 0 Å². The van der Waals surface area contributed by atoms with Gasteiger partial charge in [-0.25, -0.2) is 4.79 Å². The van der Waals surface area contributed by atoms with E-state index in [4.69, 9.17) is 9.47 Å². The molecule has 5 nitrogen and oxygen atoms in total. The van der Waals surface area contributed by atoms with Crippen LogP contribution in [0.15, 0.2) is 0 Å². The topological polar surface area (TPSA) is 50.8 Å². The number of rotatable bonds is 9. The molecule has 0 saturated carbocycles. The third-order valence-corrected chi connectivity index (χ3v) is 2.03. The second-order valence-electron chi connectivity index (χ2n) is 3.51. The fourth-order valence-corrected chi connectivity index (χ4v) is 1.29. The summed E-state index contributed by atoms with van der Waals surface area (Å²) in [5.74, 6) is 0. The number of carbonyl (C=O) groups excluding carboxylic acids is 1. The fourth-order valence-electron chi connectivity index (χ4n) is 1.29. The standard InChI is InChI=1S/C11H24N2O3/c1-4-6-13(7-5-2)11(14)12-10-16-9-8-15-3/h4-10H2,1-3H3,(H,12,14). The molecule has 0 heterocycles. The van der Waals surface area contributed by atoms with Gasteiger partial charge >= 0.3 is 6.03 Å². The van der Waals surface area contributed by atoms with Crippen LogP contribution in [0.4, 0.5) is 4.79 Å². The zero-order valence-electron chi connectivity index (χ0n) is 10.6. The Hall–Kier alpha value is -0.810. The number of amides is 2. The molecular formula is C11H24N2O3. The summed E-state index contributed by atoms with van der Waals surface area (Å²) in [6.45, 7) is 6.99. The first-order valence-electron chi connectivity index (χ1n) is 5.85. The molecule has 0 bridgehead atoms. The molecule has 0 saturated heterocycles. The molecule has 2 amide bonds. The third-order valence-electron chi connectivity index (χ3n) is 2.03. The maximum atomic E-state index is 11.7. The first kappa shape index (κ1) is 15.2. The average molecular weight is 232 g/mol. The van der Waals surface area contributed by atoms with Gasteiger partial charge in [0.25, 0.3) is 0 Å². The van der Waals surface area contributed by atoms with Gasteiger partial charge < -0.3 is 19.7 Å². The van der Waals surface area contributed by atoms with Crippen LogP contribution in [-0.2, 0) is 9.47 Å². The molecule has 0 rings (SSSR count). The van der Waals surface area contributed by atoms with Crippen LogP contribution < -0.4 is 5.32 Å². The van der Waals surface area contributed by atoms with Crippen molar-refractivity contribution < 1.29 is 14.3 Å². The molecule has 0 aromatic rings. The van der Waals surface area contributed by atoms with Crippen molar-refractivity contribution in [1.82, 2.24) is 10.2 Å². The van der Waals surface area contributed by atoms with E-state index in [-0.39, 0.29) is 12.8 Å². The van der Waals surface area contributed by atoms with Gasteiger partial charge in [0, 0.05) is 20.2 Å². The van der Waals surface area contributed by atoms with E-state index in [1.165, 1.54) is 0 Å². The van der Waals surface area contributed by atoms with Crippen molar-refractivity contribution in [2.24, 2.45) is 0 Å². The summed E-state index contributed by atoms with van der Waals surface area (Å²) in [6, 6.07) is -0.0545. The summed E-state index contributed by atoms with van der Waals surface area (Å²) in [5, 5.41) is 2.72. The lowest BCUT2D eigenvalue weighted by Crippen LogP contribution is -2.41. The second-order valence-corrected chi connectivity index (χ2v) is 3.51. The van der Waals surface area contributed by atoms with E-state index in [1.807, 2.05) is 0 Å². The Labute approximate surface area is 98.1 Å². The molecule has 5 heteroatoms. The van der Waals surface area contributed by atoms with Gasteiger partial charge in [0.15, 0.2) is 0 Å². The van der Waals surface area contributed by atoms with Gasteiger partial charge in [-0.3, -0.25) is 0 Å². The van der Waals surface area contributed by atoms with Gasteiger partial charge in [-0.15, -0.1) is 0 Å². The zero-order valence-corrected chi connectivity index (χ0v) is 10.6. The van der Waals surface area contributed by atoms with Crippen LogP contribution in [0.2, 0.25) is 0 Å². The van der Waals surface area contributed by atoms with Crippen molar-refractivity contribution >= 4 is 6.03 Å². The molecule has 16 heavy (non-hydrogen) atoms. The normalized spacial score (nSPS) is 10.2. The molecule has 0 spiro atoms. The average Bonchev–Trinajstić information content (AvgIpc) is 2.28. The molecule has 0 atom stereocenters. The van der Waals surface area contributed by atoms with E-state index < -0.39 is 0 Å². The Bertz CT molecular complexity index is 171. The predicted octanol–water partition coefficient (Wildman–Crippen LogP) is 1.44. The van der Waals surface area contributed by atoms with Gasteiger partial charge in [-0.05, 0) is 12.8 Å². The van der Waals surface area contributed by atoms with E-state index >= 15 is 0 Å². The minimum absolute atomic E-state index is 0.0545. The fraction of sp³-hybridized carbons (Fsp3) is 0.909. The number of urea groups is 1. The summed E-state index contributed by atoms with van der Waals surface area (Å²) >= 11 is 0. The summed E-state index contributed by atoms with van der Waals surface area (Å²) in [6.07, 6.45) is 1.94. The van der Waals surface area contributed by atoms with Crippen LogP contribution in [-0.4, -0.2) is 51.1 Å². The zero-order chi connectivity index (χ0) is 12.2. The molecule has 96 valence electrons. The number of hydrogen-bond acceptors (Lipinski definition) is 3. The Morgan fingerprint density at radius 3 is 2.31 bits per heavy atom. The van der Waals surface area contributed by atoms with Crippen molar-refractivity contribution in [2.75, 3.05) is 40.1 Å². The first-order valence-corrected chi connectivity index (χ1v) is 5.85. The highest BCUT2D eigenvalue weighted by Crippen LogP contribution is 1.94. The number of nitrogens with zero attached hydrogens (tertiary/aromatic N) is 1. The summed E-state index contributed by atoms with van der Waals surface area (Å²) < 4.78 is 9.99. The van der Waals surface area contributed by atoms with Crippen molar-refractivity contribution in [3.05, 3.63) is 0 Å². The molecule has 0 aliphatic rings. The van der Waals surface area contributed by atoms with Crippen LogP contribution in [0.5, 0.6) is 0 Å². The van der Waals surface area contributed by atoms with E-state index in [1.54, 1.807) is 12.0 Å². The molecular weight excluding hydrogens is 208 g/mol. The molecule has 0 aliphatic heterocycles. The summed E-state index contributed by atoms with van der Waals surface area (Å²) in [7, 11) is 1.62. The third kappa shape index (κ3) is 7.48. The Balaban J connectivity index is 3.65. The number of carbonyl (C=O) groups is 1. The second kappa shape index (κ2) is 10.7. The quantitative estimate of drug-likeness (QED) is 0.483. The van der Waals surface area contributed by atoms with E-state index in [0.29, 0.717) is 13.2 Å². The van der Waals surface area contributed by atoms with E-state index in [2.05, 4.69) is 19.2 Å². The molecule has 0 aromatic carbocycles. The molecule has 0 unspecified atom stereocenters. The number of hydrogen-bond donors (Lipinski definition) is 1. The van der Waals surface area contributed by atoms with Crippen LogP contribution in [0.1, 0.15) is 26.7 Å². The SMILES string of the molecule is CCCN(CCC)C(=O)NCOCCOC. The summed E-state index contributed by atoms with van der Waals surface area (Å²) in [5.41, 5.74) is 0. The van der Waals surface area contributed by atoms with E-state index in [0.717, 1.165) is 25.9 Å². The predicted molar refractivity (Wildman–Crippen MR) is 63.4 cm³/mol. The van der Waals surface area contributed by atoms with Gasteiger partial charge in [0.05, 0.1) is 13.2 Å². The molecule has 1 N–H and O–H groups in total. The number of nitrogens with one attached hydrogen (secondary N) is 1. The van der Waals surface area contributed by atoms with Crippen molar-refractivity contribution in [3.8, 4) is 0 Å². The highest BCUT2D eigenvalue weighted by Gasteiger charge is 2.09. The number of methoxy groups -OCH3 is 1. The maximum absolute atomic E-state index is 11.7. The van der Waals surface area contributed by atoms with Gasteiger partial charge in [0.2, 0.25) is 0 Å². The first-order chi connectivity index (χ1) is 7.76. The van der Waals surface area contributed by atoms with Crippen molar-refractivity contribution in [3.63, 3.8) is 0 Å². The number of ether oxygens (including phenoxy) is 2. The van der Waals surface area contributed by atoms with Crippen LogP contribution in [0.3, 0.4) is 0 Å². The highest BCUT2D eigenvalue weighted by molar-refractivity contribution is 5.73. The Morgan fingerprint density at radius 1 is 1.19 bits per heavy atom. The Kier molecular flexibility index (Phi) is 10.2. The monoisotopic (exact) mass is 232 g/mol. The summed E-state index contributed by atoms with van der Waals surface area (Å²) in [4.78, 5) is 13.5. The maximum Gasteiger partial charge on any atom is 0.319 e. The molecule has 0 fully saturated rings. The van der Waals surface area contributed by atoms with Crippen LogP contribution in [0.25, 0.3) is 0 Å². The largest absolute Gasteiger partial charge is 0.382 e. The van der Waals surface area contributed by atoms with Crippen molar-refractivity contribution in [2.45, 2.75) is 26.7 Å². The Morgan fingerprint density at radius 2 is 1.81 bits per heavy atom. The molecule has 0 radical (unpaired) electrons. The lowest BCUT2D eigenvalue weighted by molar-refractivity contribution is 0.0616. The van der Waals surface area contributed by atoms with Gasteiger partial charge in [0.1, 0.15) is 6.73 Å². The van der Waals surface area contributed by atoms with Gasteiger partial charge in [-0.2, -0.15) is 0 Å².